The Morgan fingerprint density at radius 1 is 0.968 bits per heavy atom. The second-order valence-corrected chi connectivity index (χ2v) is 7.16. The number of benzene rings is 2. The monoisotopic (exact) mass is 418 g/mol. The number of methoxy groups -OCH3 is 2. The number of nitrogens with one attached hydrogen (secondary N) is 1. The summed E-state index contributed by atoms with van der Waals surface area (Å²) in [6, 6.07) is 12.0. The van der Waals surface area contributed by atoms with Gasteiger partial charge in [-0.1, -0.05) is 0 Å². The van der Waals surface area contributed by atoms with Crippen LogP contribution in [0.4, 0.5) is 11.4 Å². The molecule has 0 atom stereocenters. The molecule has 1 N–H and O–H groups in total. The lowest BCUT2D eigenvalue weighted by Gasteiger charge is -2.26. The zero-order valence-electron chi connectivity index (χ0n) is 18.2. The summed E-state index contributed by atoms with van der Waals surface area (Å²) < 4.78 is 12.7. The molecule has 8 heteroatoms. The van der Waals surface area contributed by atoms with E-state index in [-0.39, 0.29) is 0 Å². The normalized spacial score (nSPS) is 11.0. The maximum Gasteiger partial charge on any atom is 0.124 e. The van der Waals surface area contributed by atoms with Crippen molar-refractivity contribution in [3.8, 4) is 22.8 Å². The van der Waals surface area contributed by atoms with E-state index in [0.717, 1.165) is 58.3 Å². The topological polar surface area (TPSA) is 77.3 Å². The first-order valence-corrected chi connectivity index (χ1v) is 10.0. The summed E-state index contributed by atoms with van der Waals surface area (Å²) in [5.74, 6) is 1.48. The molecule has 0 aliphatic heterocycles. The molecule has 0 unspecified atom stereocenters. The van der Waals surface area contributed by atoms with Crippen molar-refractivity contribution in [2.45, 2.75) is 0 Å². The summed E-state index contributed by atoms with van der Waals surface area (Å²) in [4.78, 5) is 11.6. The van der Waals surface area contributed by atoms with Gasteiger partial charge in [0.05, 0.1) is 43.3 Å². The molecule has 8 nitrogen and oxygen atoms in total. The van der Waals surface area contributed by atoms with Gasteiger partial charge in [-0.2, -0.15) is 5.10 Å². The van der Waals surface area contributed by atoms with E-state index in [0.29, 0.717) is 0 Å². The Morgan fingerprint density at radius 2 is 1.74 bits per heavy atom. The van der Waals surface area contributed by atoms with Gasteiger partial charge >= 0.3 is 0 Å². The van der Waals surface area contributed by atoms with Gasteiger partial charge in [-0.15, -0.1) is 0 Å². The number of likely N-dealkylation sites (N-methyl/N-ethyl adjacent to an activating group) is 1. The molecule has 0 saturated carbocycles. The summed E-state index contributed by atoms with van der Waals surface area (Å²) in [5, 5.41) is 7.46. The molecule has 2 heterocycles. The molecule has 0 saturated heterocycles. The number of hydrogen-bond acceptors (Lipinski definition) is 7. The molecule has 0 spiro atoms. The van der Waals surface area contributed by atoms with Crippen molar-refractivity contribution in [3.05, 3.63) is 55.0 Å². The van der Waals surface area contributed by atoms with Crippen LogP contribution in [0.5, 0.6) is 11.5 Å². The van der Waals surface area contributed by atoms with E-state index in [4.69, 9.17) is 14.5 Å². The van der Waals surface area contributed by atoms with Gasteiger partial charge in [0.2, 0.25) is 0 Å². The lowest BCUT2D eigenvalue weighted by atomic mass is 10.2. The van der Waals surface area contributed by atoms with Crippen molar-refractivity contribution in [3.63, 3.8) is 0 Å². The van der Waals surface area contributed by atoms with Crippen molar-refractivity contribution in [1.82, 2.24) is 25.1 Å². The van der Waals surface area contributed by atoms with Crippen LogP contribution in [0.2, 0.25) is 0 Å². The van der Waals surface area contributed by atoms with E-state index < -0.39 is 0 Å². The Bertz CT molecular complexity index is 1170. The zero-order valence-corrected chi connectivity index (χ0v) is 18.2. The van der Waals surface area contributed by atoms with E-state index in [9.17, 15) is 0 Å². The van der Waals surface area contributed by atoms with Gasteiger partial charge in [-0.3, -0.25) is 9.67 Å². The van der Waals surface area contributed by atoms with Crippen LogP contribution < -0.4 is 19.7 Å². The fourth-order valence-electron chi connectivity index (χ4n) is 3.44. The van der Waals surface area contributed by atoms with Crippen LogP contribution in [0.25, 0.3) is 22.3 Å². The summed E-state index contributed by atoms with van der Waals surface area (Å²) in [5.41, 5.74) is 5.38. The zero-order chi connectivity index (χ0) is 21.8. The van der Waals surface area contributed by atoms with Gasteiger partial charge in [0.25, 0.3) is 0 Å². The maximum absolute atomic E-state index is 5.47. The highest BCUT2D eigenvalue weighted by molar-refractivity contribution is 5.82. The smallest absolute Gasteiger partial charge is 0.124 e. The van der Waals surface area contributed by atoms with Crippen LogP contribution in [-0.2, 0) is 7.05 Å². The minimum absolute atomic E-state index is 0.739. The van der Waals surface area contributed by atoms with Crippen LogP contribution >= 0.6 is 0 Å². The third kappa shape index (κ3) is 4.44. The summed E-state index contributed by atoms with van der Waals surface area (Å²) >= 11 is 0. The van der Waals surface area contributed by atoms with E-state index >= 15 is 0 Å². The number of aryl methyl sites for hydroxylation is 1. The molecule has 0 bridgehead atoms. The van der Waals surface area contributed by atoms with Gasteiger partial charge < -0.3 is 19.7 Å². The molecule has 0 aliphatic rings. The van der Waals surface area contributed by atoms with Crippen LogP contribution in [0.1, 0.15) is 0 Å². The second-order valence-electron chi connectivity index (χ2n) is 7.16. The van der Waals surface area contributed by atoms with Crippen LogP contribution in [-0.4, -0.2) is 54.1 Å². The van der Waals surface area contributed by atoms with Crippen molar-refractivity contribution >= 4 is 22.4 Å². The van der Waals surface area contributed by atoms with Gasteiger partial charge in [0.1, 0.15) is 11.5 Å². The Hall–Kier alpha value is -3.65. The number of rotatable bonds is 8. The Kier molecular flexibility index (Phi) is 5.99. The van der Waals surface area contributed by atoms with Gasteiger partial charge in [0, 0.05) is 61.5 Å². The highest BCUT2D eigenvalue weighted by atomic mass is 16.5. The number of fused-ring (bicyclic) bond motifs is 1. The summed E-state index contributed by atoms with van der Waals surface area (Å²) in [6.45, 7) is 1.56. The lowest BCUT2D eigenvalue weighted by molar-refractivity contribution is 0.394. The van der Waals surface area contributed by atoms with E-state index in [1.165, 1.54) is 0 Å². The first-order chi connectivity index (χ1) is 15.1. The molecule has 4 aromatic rings. The Labute approximate surface area is 181 Å². The summed E-state index contributed by atoms with van der Waals surface area (Å²) in [7, 11) is 7.14. The van der Waals surface area contributed by atoms with E-state index in [2.05, 4.69) is 32.4 Å². The molecule has 0 aliphatic carbocycles. The molecule has 0 fully saturated rings. The average Bonchev–Trinajstić information content (AvgIpc) is 3.24. The maximum atomic E-state index is 5.47. The molecule has 0 amide bonds. The molecule has 160 valence electrons. The fourth-order valence-corrected chi connectivity index (χ4v) is 3.44. The second kappa shape index (κ2) is 9.01. The third-order valence-electron chi connectivity index (χ3n) is 5.07. The van der Waals surface area contributed by atoms with Crippen LogP contribution in [0.15, 0.2) is 55.0 Å². The third-order valence-corrected chi connectivity index (χ3v) is 5.07. The van der Waals surface area contributed by atoms with Crippen LogP contribution in [0.3, 0.4) is 0 Å². The van der Waals surface area contributed by atoms with Gasteiger partial charge in [-0.25, -0.2) is 4.98 Å². The number of ether oxygens (including phenoxy) is 2. The van der Waals surface area contributed by atoms with Crippen LogP contribution in [0, 0.1) is 0 Å². The average molecular weight is 419 g/mol. The Balaban J connectivity index is 1.78. The van der Waals surface area contributed by atoms with Crippen molar-refractivity contribution in [2.75, 3.05) is 39.3 Å². The molecule has 0 radical (unpaired) electrons. The van der Waals surface area contributed by atoms with Crippen molar-refractivity contribution in [2.24, 2.45) is 7.05 Å². The van der Waals surface area contributed by atoms with Gasteiger partial charge in [0.15, 0.2) is 0 Å². The molecule has 2 aromatic heterocycles. The van der Waals surface area contributed by atoms with Gasteiger partial charge in [-0.05, 0) is 25.2 Å². The van der Waals surface area contributed by atoms with Crippen molar-refractivity contribution in [1.29, 1.82) is 0 Å². The number of nitrogens with zero attached hydrogens (tertiary/aromatic N) is 5. The first-order valence-electron chi connectivity index (χ1n) is 10.0. The SMILES string of the molecule is CNCCN(c1cc(OC)cc(OC)c1)c1ccc2ncc(-c3cnn(C)c3)nc2c1. The molecular formula is C23H26N6O2. The quantitative estimate of drug-likeness (QED) is 0.470. The molecule has 4 rings (SSSR count). The van der Waals surface area contributed by atoms with E-state index in [1.807, 2.05) is 44.6 Å². The minimum Gasteiger partial charge on any atom is -0.497 e. The number of aromatic nitrogens is 4. The largest absolute Gasteiger partial charge is 0.497 e. The highest BCUT2D eigenvalue weighted by Crippen LogP contribution is 2.33. The molecular weight excluding hydrogens is 392 g/mol. The predicted octanol–water partition coefficient (Wildman–Crippen LogP) is 3.41. The number of hydrogen-bond donors (Lipinski definition) is 1. The minimum atomic E-state index is 0.739. The highest BCUT2D eigenvalue weighted by Gasteiger charge is 2.14. The predicted molar refractivity (Wildman–Crippen MR) is 122 cm³/mol. The number of anilines is 2. The summed E-state index contributed by atoms with van der Waals surface area (Å²) in [6.07, 6.45) is 5.51. The molecule has 2 aromatic carbocycles. The fraction of sp³-hybridized carbons (Fsp3) is 0.261. The molecule has 31 heavy (non-hydrogen) atoms. The van der Waals surface area contributed by atoms with Crippen molar-refractivity contribution < 1.29 is 9.47 Å². The van der Waals surface area contributed by atoms with E-state index in [1.54, 1.807) is 31.3 Å². The Morgan fingerprint density at radius 3 is 2.39 bits per heavy atom. The first kappa shape index (κ1) is 20.6. The standard InChI is InChI=1S/C23H26N6O2/c1-24-7-8-29(18-9-19(30-3)12-20(10-18)31-4)17-5-6-21-22(11-17)27-23(14-25-21)16-13-26-28(2)15-16/h5-6,9-15,24H,7-8H2,1-4H3. The lowest BCUT2D eigenvalue weighted by Crippen LogP contribution is -2.26.